The molecule has 0 aromatic heterocycles. The van der Waals surface area contributed by atoms with Crippen LogP contribution in [0.2, 0.25) is 0 Å². The van der Waals surface area contributed by atoms with Gasteiger partial charge in [-0.05, 0) is 37.8 Å². The molecule has 1 amide bonds. The summed E-state index contributed by atoms with van der Waals surface area (Å²) in [6, 6.07) is 5.93. The molecular formula is C15H20ClF3N2O2. The van der Waals surface area contributed by atoms with Crippen LogP contribution in [0.5, 0.6) is 5.75 Å². The molecule has 3 N–H and O–H groups in total. The Balaban J connectivity index is 0.00000264. The fourth-order valence-corrected chi connectivity index (χ4v) is 2.31. The molecule has 2 rings (SSSR count). The number of rotatable bonds is 5. The number of carbonyl (C=O) groups excluding carboxylic acids is 1. The largest absolute Gasteiger partial charge is 0.573 e. The maximum absolute atomic E-state index is 12.4. The fourth-order valence-electron chi connectivity index (χ4n) is 2.31. The summed E-state index contributed by atoms with van der Waals surface area (Å²) in [6.45, 7) is 3.87. The number of halogens is 4. The standard InChI is InChI=1S/C15H19F3N2O2.ClH/c1-14(2,8-19)20-13(21)11-7-10(11)9-5-3-4-6-12(9)22-15(16,17)18;/h3-6,10-11H,7-8,19H2,1-2H3,(H,20,21);1H. The van der Waals surface area contributed by atoms with Gasteiger partial charge in [-0.1, -0.05) is 18.2 Å². The number of amides is 1. The van der Waals surface area contributed by atoms with Crippen molar-refractivity contribution in [3.05, 3.63) is 29.8 Å². The SMILES string of the molecule is CC(C)(CN)NC(=O)C1CC1c1ccccc1OC(F)(F)F.Cl. The second-order valence-electron chi connectivity index (χ2n) is 6.11. The van der Waals surface area contributed by atoms with Crippen molar-refractivity contribution in [2.75, 3.05) is 6.54 Å². The van der Waals surface area contributed by atoms with E-state index in [0.29, 0.717) is 12.0 Å². The zero-order valence-corrected chi connectivity index (χ0v) is 13.6. The van der Waals surface area contributed by atoms with Crippen LogP contribution in [0, 0.1) is 5.92 Å². The average Bonchev–Trinajstić information content (AvgIpc) is 3.17. The Labute approximate surface area is 139 Å². The van der Waals surface area contributed by atoms with Crippen LogP contribution in [0.4, 0.5) is 13.2 Å². The first-order valence-corrected chi connectivity index (χ1v) is 7.00. The van der Waals surface area contributed by atoms with Crippen molar-refractivity contribution in [3.63, 3.8) is 0 Å². The minimum Gasteiger partial charge on any atom is -0.405 e. The first kappa shape index (κ1) is 19.6. The van der Waals surface area contributed by atoms with Gasteiger partial charge in [-0.3, -0.25) is 4.79 Å². The Morgan fingerprint density at radius 3 is 2.52 bits per heavy atom. The van der Waals surface area contributed by atoms with E-state index in [0.717, 1.165) is 0 Å². The Hall–Kier alpha value is -1.47. The summed E-state index contributed by atoms with van der Waals surface area (Å²) < 4.78 is 41.3. The predicted molar refractivity (Wildman–Crippen MR) is 82.5 cm³/mol. The first-order chi connectivity index (χ1) is 10.1. The highest BCUT2D eigenvalue weighted by atomic mass is 35.5. The number of hydrogen-bond acceptors (Lipinski definition) is 3. The first-order valence-electron chi connectivity index (χ1n) is 7.00. The van der Waals surface area contributed by atoms with Crippen molar-refractivity contribution < 1.29 is 22.7 Å². The van der Waals surface area contributed by atoms with Crippen LogP contribution >= 0.6 is 12.4 Å². The van der Waals surface area contributed by atoms with Gasteiger partial charge in [-0.2, -0.15) is 0 Å². The highest BCUT2D eigenvalue weighted by Crippen LogP contribution is 2.51. The molecule has 1 saturated carbocycles. The molecule has 1 aliphatic rings. The van der Waals surface area contributed by atoms with Gasteiger partial charge in [0, 0.05) is 18.0 Å². The highest BCUT2D eigenvalue weighted by molar-refractivity contribution is 5.85. The van der Waals surface area contributed by atoms with Gasteiger partial charge >= 0.3 is 6.36 Å². The maximum Gasteiger partial charge on any atom is 0.573 e. The van der Waals surface area contributed by atoms with E-state index in [-0.39, 0.29) is 42.4 Å². The van der Waals surface area contributed by atoms with Crippen LogP contribution in [-0.2, 0) is 4.79 Å². The van der Waals surface area contributed by atoms with Gasteiger partial charge in [0.05, 0.1) is 0 Å². The third-order valence-electron chi connectivity index (χ3n) is 3.64. The minimum absolute atomic E-state index is 0. The van der Waals surface area contributed by atoms with E-state index >= 15 is 0 Å². The zero-order valence-electron chi connectivity index (χ0n) is 12.8. The number of carbonyl (C=O) groups is 1. The van der Waals surface area contributed by atoms with Crippen LogP contribution < -0.4 is 15.8 Å². The Morgan fingerprint density at radius 2 is 1.96 bits per heavy atom. The molecule has 0 aliphatic heterocycles. The van der Waals surface area contributed by atoms with Crippen molar-refractivity contribution in [1.82, 2.24) is 5.32 Å². The maximum atomic E-state index is 12.4. The summed E-state index contributed by atoms with van der Waals surface area (Å²) in [4.78, 5) is 12.1. The van der Waals surface area contributed by atoms with Crippen LogP contribution in [0.1, 0.15) is 31.7 Å². The average molecular weight is 353 g/mol. The minimum atomic E-state index is -4.75. The van der Waals surface area contributed by atoms with E-state index in [1.807, 2.05) is 0 Å². The summed E-state index contributed by atoms with van der Waals surface area (Å²) in [6.07, 6.45) is -4.24. The molecule has 0 heterocycles. The normalized spacial score (nSPS) is 20.4. The summed E-state index contributed by atoms with van der Waals surface area (Å²) in [5.74, 6) is -1.04. The van der Waals surface area contributed by atoms with Crippen LogP contribution in [-0.4, -0.2) is 24.4 Å². The Bertz CT molecular complexity index is 564. The summed E-state index contributed by atoms with van der Waals surface area (Å²) in [7, 11) is 0. The number of nitrogens with two attached hydrogens (primary N) is 1. The molecular weight excluding hydrogens is 333 g/mol. The molecule has 130 valence electrons. The monoisotopic (exact) mass is 352 g/mol. The molecule has 23 heavy (non-hydrogen) atoms. The molecule has 0 bridgehead atoms. The quantitative estimate of drug-likeness (QED) is 0.856. The van der Waals surface area contributed by atoms with Crippen molar-refractivity contribution in [2.24, 2.45) is 11.7 Å². The van der Waals surface area contributed by atoms with E-state index in [9.17, 15) is 18.0 Å². The number of benzene rings is 1. The smallest absolute Gasteiger partial charge is 0.405 e. The lowest BCUT2D eigenvalue weighted by molar-refractivity contribution is -0.274. The van der Waals surface area contributed by atoms with Gasteiger partial charge in [-0.15, -0.1) is 25.6 Å². The van der Waals surface area contributed by atoms with Crippen LogP contribution in [0.3, 0.4) is 0 Å². The lowest BCUT2D eigenvalue weighted by Crippen LogP contribution is -2.49. The molecule has 8 heteroatoms. The number of nitrogens with one attached hydrogen (secondary N) is 1. The summed E-state index contributed by atoms with van der Waals surface area (Å²) >= 11 is 0. The summed E-state index contributed by atoms with van der Waals surface area (Å²) in [5, 5.41) is 2.81. The zero-order chi connectivity index (χ0) is 16.5. The fraction of sp³-hybridized carbons (Fsp3) is 0.533. The molecule has 2 atom stereocenters. The second-order valence-corrected chi connectivity index (χ2v) is 6.11. The van der Waals surface area contributed by atoms with Crippen molar-refractivity contribution in [1.29, 1.82) is 0 Å². The third kappa shape index (κ3) is 5.28. The van der Waals surface area contributed by atoms with Gasteiger partial charge in [0.15, 0.2) is 0 Å². The lowest BCUT2D eigenvalue weighted by Gasteiger charge is -2.24. The molecule has 0 saturated heterocycles. The number of hydrogen-bond donors (Lipinski definition) is 2. The van der Waals surface area contributed by atoms with E-state index in [1.54, 1.807) is 26.0 Å². The summed E-state index contributed by atoms with van der Waals surface area (Å²) in [5.41, 5.74) is 5.43. The Morgan fingerprint density at radius 1 is 1.35 bits per heavy atom. The van der Waals surface area contributed by atoms with Crippen molar-refractivity contribution in [3.8, 4) is 5.75 Å². The van der Waals surface area contributed by atoms with Gasteiger partial charge in [0.1, 0.15) is 5.75 Å². The number of alkyl halides is 3. The van der Waals surface area contributed by atoms with Gasteiger partial charge < -0.3 is 15.8 Å². The predicted octanol–water partition coefficient (Wildman–Crippen LogP) is 2.96. The molecule has 1 fully saturated rings. The molecule has 0 radical (unpaired) electrons. The van der Waals surface area contributed by atoms with Crippen LogP contribution in [0.15, 0.2) is 24.3 Å². The Kier molecular flexibility index (Phi) is 5.93. The van der Waals surface area contributed by atoms with Gasteiger partial charge in [-0.25, -0.2) is 0 Å². The van der Waals surface area contributed by atoms with Crippen molar-refractivity contribution in [2.45, 2.75) is 38.1 Å². The highest BCUT2D eigenvalue weighted by Gasteiger charge is 2.47. The number of ether oxygens (including phenoxy) is 1. The molecule has 1 aromatic carbocycles. The van der Waals surface area contributed by atoms with E-state index in [4.69, 9.17) is 5.73 Å². The topological polar surface area (TPSA) is 64.3 Å². The molecule has 1 aromatic rings. The van der Waals surface area contributed by atoms with Gasteiger partial charge in [0.2, 0.25) is 5.91 Å². The van der Waals surface area contributed by atoms with Gasteiger partial charge in [0.25, 0.3) is 0 Å². The van der Waals surface area contributed by atoms with E-state index in [1.165, 1.54) is 12.1 Å². The molecule has 0 spiro atoms. The molecule has 4 nitrogen and oxygen atoms in total. The van der Waals surface area contributed by atoms with Crippen LogP contribution in [0.25, 0.3) is 0 Å². The van der Waals surface area contributed by atoms with Crippen molar-refractivity contribution >= 4 is 18.3 Å². The third-order valence-corrected chi connectivity index (χ3v) is 3.64. The molecule has 2 unspecified atom stereocenters. The van der Waals surface area contributed by atoms with E-state index in [2.05, 4.69) is 10.1 Å². The van der Waals surface area contributed by atoms with E-state index < -0.39 is 11.9 Å². The molecule has 1 aliphatic carbocycles. The second kappa shape index (κ2) is 6.97. The lowest BCUT2D eigenvalue weighted by atomic mass is 10.0. The number of para-hydroxylation sites is 1.